The van der Waals surface area contributed by atoms with E-state index in [1.54, 1.807) is 24.3 Å². The first-order valence-corrected chi connectivity index (χ1v) is 8.97. The molecule has 1 aromatic carbocycles. The van der Waals surface area contributed by atoms with Gasteiger partial charge in [0.15, 0.2) is 5.78 Å². The fraction of sp³-hybridized carbons (Fsp3) is 0.188. The third kappa shape index (κ3) is 3.67. The van der Waals surface area contributed by atoms with E-state index in [9.17, 15) is 14.4 Å². The van der Waals surface area contributed by atoms with E-state index in [0.29, 0.717) is 10.6 Å². The Bertz CT molecular complexity index is 1130. The second-order valence-electron chi connectivity index (χ2n) is 5.56. The summed E-state index contributed by atoms with van der Waals surface area (Å²) in [5.41, 5.74) is 4.86. The monoisotopic (exact) mass is 407 g/mol. The average molecular weight is 408 g/mol. The lowest BCUT2D eigenvalue weighted by molar-refractivity contribution is 0.102. The van der Waals surface area contributed by atoms with Gasteiger partial charge >= 0.3 is 5.69 Å². The molecule has 0 aliphatic carbocycles. The van der Waals surface area contributed by atoms with Crippen molar-refractivity contribution in [3.05, 3.63) is 55.7 Å². The number of Topliss-reactive ketones (excluding diaryl/α,β-unsaturated/α-hetero) is 1. The molecule has 0 bridgehead atoms. The Kier molecular flexibility index (Phi) is 5.19. The number of hydrogen-bond acceptors (Lipinski definition) is 8. The van der Waals surface area contributed by atoms with E-state index >= 15 is 0 Å². The molecule has 2 aromatic heterocycles. The summed E-state index contributed by atoms with van der Waals surface area (Å²) < 4.78 is 7.38. The standard InChI is InChI=1S/C16H14ClN5O4S/c1-21-12(18)11(14(24)22(2)16(21)25)10(23)7-27-15-20-19-13(26-15)8-3-5-9(17)6-4-8/h3-6H,7,18H2,1-2H3. The molecule has 11 heteroatoms. The Morgan fingerprint density at radius 2 is 1.85 bits per heavy atom. The molecule has 0 unspecified atom stereocenters. The number of carbonyl (C=O) groups excluding carboxylic acids is 1. The number of anilines is 1. The Morgan fingerprint density at radius 1 is 1.19 bits per heavy atom. The molecule has 0 atom stereocenters. The van der Waals surface area contributed by atoms with Crippen molar-refractivity contribution in [1.29, 1.82) is 0 Å². The number of rotatable bonds is 5. The Morgan fingerprint density at radius 3 is 2.52 bits per heavy atom. The van der Waals surface area contributed by atoms with Gasteiger partial charge in [-0.15, -0.1) is 10.2 Å². The average Bonchev–Trinajstić information content (AvgIpc) is 3.13. The van der Waals surface area contributed by atoms with Crippen LogP contribution in [0.3, 0.4) is 0 Å². The van der Waals surface area contributed by atoms with Gasteiger partial charge in [-0.25, -0.2) is 4.79 Å². The van der Waals surface area contributed by atoms with Gasteiger partial charge in [-0.3, -0.25) is 18.7 Å². The highest BCUT2D eigenvalue weighted by atomic mass is 35.5. The summed E-state index contributed by atoms with van der Waals surface area (Å²) in [6, 6.07) is 6.83. The number of hydrogen-bond donors (Lipinski definition) is 1. The van der Waals surface area contributed by atoms with Crippen LogP contribution in [0.1, 0.15) is 10.4 Å². The first kappa shape index (κ1) is 18.9. The van der Waals surface area contributed by atoms with Gasteiger partial charge in [-0.1, -0.05) is 23.4 Å². The van der Waals surface area contributed by atoms with E-state index < -0.39 is 17.0 Å². The fourth-order valence-corrected chi connectivity index (χ4v) is 3.06. The second-order valence-corrected chi connectivity index (χ2v) is 6.92. The lowest BCUT2D eigenvalue weighted by atomic mass is 10.2. The smallest absolute Gasteiger partial charge is 0.332 e. The first-order valence-electron chi connectivity index (χ1n) is 7.60. The van der Waals surface area contributed by atoms with Gasteiger partial charge in [0.25, 0.3) is 10.8 Å². The van der Waals surface area contributed by atoms with E-state index in [0.717, 1.165) is 20.9 Å². The minimum atomic E-state index is -0.742. The summed E-state index contributed by atoms with van der Waals surface area (Å²) >= 11 is 6.81. The minimum absolute atomic E-state index is 0.153. The molecule has 3 rings (SSSR count). The quantitative estimate of drug-likeness (QED) is 0.496. The minimum Gasteiger partial charge on any atom is -0.411 e. The number of carbonyl (C=O) groups is 1. The van der Waals surface area contributed by atoms with E-state index in [-0.39, 0.29) is 28.2 Å². The molecule has 0 aliphatic heterocycles. The lowest BCUT2D eigenvalue weighted by Gasteiger charge is -2.10. The van der Waals surface area contributed by atoms with Crippen molar-refractivity contribution in [3.8, 4) is 11.5 Å². The summed E-state index contributed by atoms with van der Waals surface area (Å²) in [5, 5.41) is 8.52. The zero-order valence-corrected chi connectivity index (χ0v) is 15.9. The SMILES string of the molecule is Cn1c(N)c(C(=O)CSc2nnc(-c3ccc(Cl)cc3)o2)c(=O)n(C)c1=O. The van der Waals surface area contributed by atoms with E-state index in [1.165, 1.54) is 14.1 Å². The molecule has 2 heterocycles. The Hall–Kier alpha value is -2.85. The maximum atomic E-state index is 12.5. The van der Waals surface area contributed by atoms with E-state index in [4.69, 9.17) is 21.8 Å². The summed E-state index contributed by atoms with van der Waals surface area (Å²) in [7, 11) is 2.67. The molecular weight excluding hydrogens is 394 g/mol. The van der Waals surface area contributed by atoms with Crippen LogP contribution in [-0.4, -0.2) is 30.9 Å². The highest BCUT2D eigenvalue weighted by Gasteiger charge is 2.21. The van der Waals surface area contributed by atoms with Crippen LogP contribution in [0.4, 0.5) is 5.82 Å². The van der Waals surface area contributed by atoms with Crippen molar-refractivity contribution < 1.29 is 9.21 Å². The molecule has 0 amide bonds. The molecule has 0 aliphatic rings. The predicted octanol–water partition coefficient (Wildman–Crippen LogP) is 1.34. The largest absolute Gasteiger partial charge is 0.411 e. The van der Waals surface area contributed by atoms with Gasteiger partial charge < -0.3 is 10.2 Å². The number of nitrogens with two attached hydrogens (primary N) is 1. The highest BCUT2D eigenvalue weighted by molar-refractivity contribution is 7.99. The van der Waals surface area contributed by atoms with Gasteiger partial charge in [-0.05, 0) is 24.3 Å². The lowest BCUT2D eigenvalue weighted by Crippen LogP contribution is -2.41. The van der Waals surface area contributed by atoms with Crippen molar-refractivity contribution in [2.75, 3.05) is 11.5 Å². The van der Waals surface area contributed by atoms with Gasteiger partial charge in [-0.2, -0.15) is 0 Å². The number of nitrogen functional groups attached to an aromatic ring is 1. The van der Waals surface area contributed by atoms with Crippen molar-refractivity contribution in [3.63, 3.8) is 0 Å². The van der Waals surface area contributed by atoms with E-state index in [2.05, 4.69) is 10.2 Å². The van der Waals surface area contributed by atoms with Crippen LogP contribution in [0.15, 0.2) is 43.5 Å². The van der Waals surface area contributed by atoms with Crippen molar-refractivity contribution in [2.45, 2.75) is 5.22 Å². The molecule has 0 spiro atoms. The molecule has 0 radical (unpaired) electrons. The summed E-state index contributed by atoms with van der Waals surface area (Å²) in [6.07, 6.45) is 0. The summed E-state index contributed by atoms with van der Waals surface area (Å²) in [5.74, 6) is -0.597. The van der Waals surface area contributed by atoms with Crippen molar-refractivity contribution in [1.82, 2.24) is 19.3 Å². The number of halogens is 1. The maximum absolute atomic E-state index is 12.5. The molecule has 2 N–H and O–H groups in total. The van der Waals surface area contributed by atoms with Gasteiger partial charge in [0, 0.05) is 24.7 Å². The maximum Gasteiger partial charge on any atom is 0.332 e. The number of benzene rings is 1. The molecule has 9 nitrogen and oxygen atoms in total. The third-order valence-corrected chi connectivity index (χ3v) is 4.88. The predicted molar refractivity (Wildman–Crippen MR) is 101 cm³/mol. The molecule has 0 saturated carbocycles. The molecule has 27 heavy (non-hydrogen) atoms. The summed E-state index contributed by atoms with van der Waals surface area (Å²) in [6.45, 7) is 0. The summed E-state index contributed by atoms with van der Waals surface area (Å²) in [4.78, 5) is 36.5. The second kappa shape index (κ2) is 7.41. The number of ketones is 1. The Balaban J connectivity index is 1.79. The van der Waals surface area contributed by atoms with Gasteiger partial charge in [0.05, 0.1) is 5.75 Å². The van der Waals surface area contributed by atoms with Crippen LogP contribution in [0.5, 0.6) is 0 Å². The van der Waals surface area contributed by atoms with Crippen LogP contribution < -0.4 is 17.0 Å². The van der Waals surface area contributed by atoms with Gasteiger partial charge in [0.1, 0.15) is 11.4 Å². The number of nitrogens with zero attached hydrogens (tertiary/aromatic N) is 4. The van der Waals surface area contributed by atoms with Crippen LogP contribution in [0, 0.1) is 0 Å². The fourth-order valence-electron chi connectivity index (χ4n) is 2.30. The zero-order valence-electron chi connectivity index (χ0n) is 14.3. The van der Waals surface area contributed by atoms with Crippen LogP contribution in [0.25, 0.3) is 11.5 Å². The van der Waals surface area contributed by atoms with Crippen molar-refractivity contribution in [2.24, 2.45) is 14.1 Å². The number of aromatic nitrogens is 4. The van der Waals surface area contributed by atoms with Crippen LogP contribution in [-0.2, 0) is 14.1 Å². The molecule has 140 valence electrons. The normalized spacial score (nSPS) is 10.9. The topological polar surface area (TPSA) is 126 Å². The molecular formula is C16H14ClN5O4S. The van der Waals surface area contributed by atoms with E-state index in [1.807, 2.05) is 0 Å². The first-order chi connectivity index (χ1) is 12.8. The van der Waals surface area contributed by atoms with Crippen LogP contribution in [0.2, 0.25) is 5.02 Å². The molecule has 0 saturated heterocycles. The highest BCUT2D eigenvalue weighted by Crippen LogP contribution is 2.24. The zero-order chi connectivity index (χ0) is 19.7. The van der Waals surface area contributed by atoms with Crippen LogP contribution >= 0.6 is 23.4 Å². The van der Waals surface area contributed by atoms with Gasteiger partial charge in [0.2, 0.25) is 5.89 Å². The van der Waals surface area contributed by atoms with Crippen molar-refractivity contribution >= 4 is 35.0 Å². The number of thioether (sulfide) groups is 1. The molecule has 3 aromatic rings. The molecule has 0 fully saturated rings. The third-order valence-electron chi connectivity index (χ3n) is 3.81. The Labute approximate surface area is 161 Å².